The van der Waals surface area contributed by atoms with E-state index in [1.165, 1.54) is 21.9 Å². The maximum atomic E-state index is 13.9. The number of rotatable bonds is 3. The Morgan fingerprint density at radius 3 is 1.90 bits per heavy atom. The summed E-state index contributed by atoms with van der Waals surface area (Å²) in [6.07, 6.45) is 1.95. The predicted octanol–water partition coefficient (Wildman–Crippen LogP) is 10.4. The van der Waals surface area contributed by atoms with Crippen LogP contribution in [0.15, 0.2) is 144 Å². The van der Waals surface area contributed by atoms with E-state index < -0.39 is 13.5 Å². The quantitative estimate of drug-likeness (QED) is 0.176. The van der Waals surface area contributed by atoms with Gasteiger partial charge in [-0.2, -0.15) is 0 Å². The zero-order valence-electron chi connectivity index (χ0n) is 29.0. The Kier molecular flexibility index (Phi) is 6.64. The first-order chi connectivity index (χ1) is 24.2. The second-order valence-electron chi connectivity index (χ2n) is 14.7. The van der Waals surface area contributed by atoms with Crippen LogP contribution < -0.4 is 20.3 Å². The first kappa shape index (κ1) is 30.4. The van der Waals surface area contributed by atoms with E-state index in [9.17, 15) is 4.79 Å². The van der Waals surface area contributed by atoms with Gasteiger partial charge in [0.2, 0.25) is 0 Å². The van der Waals surface area contributed by atoms with Gasteiger partial charge in [-0.1, -0.05) is 109 Å². The second-order valence-corrected chi connectivity index (χ2v) is 19.8. The van der Waals surface area contributed by atoms with Crippen molar-refractivity contribution in [1.29, 1.82) is 0 Å². The minimum absolute atomic E-state index is 0.0493. The molecule has 0 aliphatic carbocycles. The van der Waals surface area contributed by atoms with Gasteiger partial charge in [0.1, 0.15) is 11.5 Å². The molecule has 2 aliphatic rings. The first-order valence-corrected chi connectivity index (χ1v) is 20.8. The monoisotopic (exact) mass is 666 g/mol. The summed E-state index contributed by atoms with van der Waals surface area (Å²) in [6.45, 7) is 11.3. The molecule has 0 radical (unpaired) electrons. The lowest BCUT2D eigenvalue weighted by molar-refractivity contribution is 0.434. The van der Waals surface area contributed by atoms with Crippen molar-refractivity contribution in [3.05, 3.63) is 183 Å². The lowest BCUT2D eigenvalue weighted by Gasteiger charge is -2.49. The number of aryl methyl sites for hydroxylation is 2. The van der Waals surface area contributed by atoms with Crippen LogP contribution in [-0.2, 0) is 5.41 Å². The number of pyridine rings is 1. The Morgan fingerprint density at radius 1 is 0.600 bits per heavy atom. The van der Waals surface area contributed by atoms with E-state index in [4.69, 9.17) is 4.74 Å². The number of para-hydroxylation sites is 3. The van der Waals surface area contributed by atoms with E-state index in [0.717, 1.165) is 50.9 Å². The molecule has 7 aromatic rings. The van der Waals surface area contributed by atoms with E-state index in [2.05, 4.69) is 151 Å². The zero-order valence-corrected chi connectivity index (χ0v) is 30.0. The number of ether oxygens (including phenoxy) is 1. The van der Waals surface area contributed by atoms with Crippen molar-refractivity contribution < 1.29 is 4.74 Å². The fourth-order valence-electron chi connectivity index (χ4n) is 8.16. The van der Waals surface area contributed by atoms with Gasteiger partial charge in [-0.15, -0.1) is 0 Å². The third-order valence-electron chi connectivity index (χ3n) is 10.6. The SMILES string of the molecule is Cc1ccc2c(c1)C1(c3ccccc3Oc3ccccc31)c1cc([Si](C)(C)C)ccc1N2c1ccc2c(c1)c(=O)c(C)cn2-c1ccccc1. The van der Waals surface area contributed by atoms with Crippen molar-refractivity contribution in [3.8, 4) is 17.2 Å². The average Bonchev–Trinajstić information content (AvgIpc) is 3.13. The third-order valence-corrected chi connectivity index (χ3v) is 12.6. The summed E-state index contributed by atoms with van der Waals surface area (Å²) in [6, 6.07) is 47.6. The van der Waals surface area contributed by atoms with Gasteiger partial charge in [0, 0.05) is 39.6 Å². The summed E-state index contributed by atoms with van der Waals surface area (Å²) in [5.41, 5.74) is 11.1. The van der Waals surface area contributed by atoms with Crippen LogP contribution in [0.4, 0.5) is 17.1 Å². The van der Waals surface area contributed by atoms with Gasteiger partial charge in [-0.25, -0.2) is 0 Å². The molecule has 4 nitrogen and oxygen atoms in total. The summed E-state index contributed by atoms with van der Waals surface area (Å²) in [5.74, 6) is 1.75. The van der Waals surface area contributed by atoms with Crippen LogP contribution in [-0.4, -0.2) is 12.6 Å². The van der Waals surface area contributed by atoms with Gasteiger partial charge >= 0.3 is 0 Å². The van der Waals surface area contributed by atoms with Crippen molar-refractivity contribution in [2.75, 3.05) is 4.90 Å². The van der Waals surface area contributed by atoms with E-state index in [-0.39, 0.29) is 5.43 Å². The summed E-state index contributed by atoms with van der Waals surface area (Å²) in [7, 11) is -1.74. The lowest BCUT2D eigenvalue weighted by atomic mass is 9.61. The largest absolute Gasteiger partial charge is 0.457 e. The minimum atomic E-state index is -1.74. The van der Waals surface area contributed by atoms with Crippen molar-refractivity contribution in [2.24, 2.45) is 0 Å². The van der Waals surface area contributed by atoms with Crippen LogP contribution in [0.3, 0.4) is 0 Å². The number of nitrogens with zero attached hydrogens (tertiary/aromatic N) is 2. The fraction of sp³-hybridized carbons (Fsp3) is 0.133. The smallest absolute Gasteiger partial charge is 0.192 e. The van der Waals surface area contributed by atoms with Crippen LogP contribution >= 0.6 is 0 Å². The molecule has 3 heterocycles. The summed E-state index contributed by atoms with van der Waals surface area (Å²) in [4.78, 5) is 16.3. The number of aromatic nitrogens is 1. The number of anilines is 3. The molecule has 0 atom stereocenters. The average molecular weight is 667 g/mol. The minimum Gasteiger partial charge on any atom is -0.457 e. The van der Waals surface area contributed by atoms with Gasteiger partial charge in [0.15, 0.2) is 5.43 Å². The van der Waals surface area contributed by atoms with Gasteiger partial charge in [-0.3, -0.25) is 4.79 Å². The molecular formula is C45H38N2O2Si. The first-order valence-electron chi connectivity index (χ1n) is 17.3. The Hall–Kier alpha value is -5.65. The molecule has 5 heteroatoms. The Labute approximate surface area is 293 Å². The summed E-state index contributed by atoms with van der Waals surface area (Å²) < 4.78 is 8.78. The van der Waals surface area contributed by atoms with E-state index in [1.807, 2.05) is 31.3 Å². The molecule has 0 amide bonds. The normalized spacial score (nSPS) is 14.1. The van der Waals surface area contributed by atoms with E-state index in [0.29, 0.717) is 10.9 Å². The molecule has 0 bridgehead atoms. The molecule has 0 saturated carbocycles. The summed E-state index contributed by atoms with van der Waals surface area (Å²) in [5, 5.41) is 2.09. The van der Waals surface area contributed by atoms with Crippen LogP contribution in [0.1, 0.15) is 33.4 Å². The van der Waals surface area contributed by atoms with Gasteiger partial charge in [0.05, 0.1) is 30.4 Å². The van der Waals surface area contributed by atoms with E-state index in [1.54, 1.807) is 0 Å². The topological polar surface area (TPSA) is 34.5 Å². The Balaban J connectivity index is 1.40. The molecule has 1 spiro atoms. The zero-order chi connectivity index (χ0) is 34.4. The highest BCUT2D eigenvalue weighted by Crippen LogP contribution is 2.62. The Bertz CT molecular complexity index is 2520. The van der Waals surface area contributed by atoms with Gasteiger partial charge in [-0.05, 0) is 79.6 Å². The van der Waals surface area contributed by atoms with Crippen LogP contribution in [0, 0.1) is 13.8 Å². The number of hydrogen-bond donors (Lipinski definition) is 0. The molecule has 244 valence electrons. The Morgan fingerprint density at radius 2 is 1.22 bits per heavy atom. The van der Waals surface area contributed by atoms with Gasteiger partial charge < -0.3 is 14.2 Å². The molecule has 2 aliphatic heterocycles. The molecule has 0 unspecified atom stereocenters. The maximum Gasteiger partial charge on any atom is 0.192 e. The molecule has 50 heavy (non-hydrogen) atoms. The summed E-state index contributed by atoms with van der Waals surface area (Å²) >= 11 is 0. The molecule has 6 aromatic carbocycles. The van der Waals surface area contributed by atoms with Crippen molar-refractivity contribution in [3.63, 3.8) is 0 Å². The van der Waals surface area contributed by atoms with Crippen LogP contribution in [0.5, 0.6) is 11.5 Å². The molecule has 0 fully saturated rings. The van der Waals surface area contributed by atoms with Crippen LogP contribution in [0.2, 0.25) is 19.6 Å². The highest BCUT2D eigenvalue weighted by atomic mass is 28.3. The molecule has 1 aromatic heterocycles. The highest BCUT2D eigenvalue weighted by Gasteiger charge is 2.51. The van der Waals surface area contributed by atoms with Crippen LogP contribution in [0.25, 0.3) is 16.6 Å². The predicted molar refractivity (Wildman–Crippen MR) is 209 cm³/mol. The molecule has 0 saturated heterocycles. The molecular weight excluding hydrogens is 629 g/mol. The van der Waals surface area contributed by atoms with Crippen molar-refractivity contribution >= 4 is 41.2 Å². The standard InChI is InChI=1S/C45H38N2O2Si/c1-29-19-22-40-37(25-29)45(35-15-9-11-17-42(35)49-43-18-12-10-16-36(43)45)38-27-33(50(3,4)5)21-24-41(38)47(40)32-20-23-39-34(26-32)44(48)30(2)28-46(39)31-13-7-6-8-14-31/h6-28H,1-5H3. The lowest BCUT2D eigenvalue weighted by Crippen LogP contribution is -2.43. The third kappa shape index (κ3) is 4.33. The number of benzene rings is 6. The van der Waals surface area contributed by atoms with E-state index >= 15 is 0 Å². The number of fused-ring (bicyclic) bond motifs is 9. The molecule has 0 N–H and O–H groups in total. The second kappa shape index (κ2) is 10.9. The maximum absolute atomic E-state index is 13.9. The van der Waals surface area contributed by atoms with Crippen molar-refractivity contribution in [1.82, 2.24) is 4.57 Å². The number of hydrogen-bond acceptors (Lipinski definition) is 3. The molecule has 9 rings (SSSR count). The van der Waals surface area contributed by atoms with Gasteiger partial charge in [0.25, 0.3) is 0 Å². The highest BCUT2D eigenvalue weighted by molar-refractivity contribution is 6.88. The van der Waals surface area contributed by atoms with Crippen molar-refractivity contribution in [2.45, 2.75) is 38.9 Å². The fourth-order valence-corrected chi connectivity index (χ4v) is 9.32.